The van der Waals surface area contributed by atoms with Crippen molar-refractivity contribution in [3.63, 3.8) is 0 Å². The minimum Gasteiger partial charge on any atom is -0.311 e. The summed E-state index contributed by atoms with van der Waals surface area (Å²) in [6, 6.07) is 4.81. The first-order valence-electron chi connectivity index (χ1n) is 7.48. The normalized spacial score (nSPS) is 11.7. The molecular weight excluding hydrogens is 353 g/mol. The summed E-state index contributed by atoms with van der Waals surface area (Å²) >= 11 is 0. The molecule has 26 heavy (non-hydrogen) atoms. The molecule has 0 saturated carbocycles. The molecule has 3 N–H and O–H groups in total. The molecule has 0 aliphatic heterocycles. The molecule has 0 fully saturated rings. The van der Waals surface area contributed by atoms with Crippen LogP contribution in [0.2, 0.25) is 0 Å². The van der Waals surface area contributed by atoms with Gasteiger partial charge in [0.2, 0.25) is 5.91 Å². The number of halogens is 3. The van der Waals surface area contributed by atoms with Crippen molar-refractivity contribution in [3.05, 3.63) is 67.5 Å². The summed E-state index contributed by atoms with van der Waals surface area (Å²) in [5, 5.41) is 3.52. The summed E-state index contributed by atoms with van der Waals surface area (Å²) in [6.07, 6.45) is -3.72. The van der Waals surface area contributed by atoms with Crippen LogP contribution in [-0.2, 0) is 17.4 Å². The fourth-order valence-electron chi connectivity index (χ4n) is 2.26. The number of nitrogens with zero attached hydrogens (tertiary/aromatic N) is 1. The third-order valence-electron chi connectivity index (χ3n) is 3.52. The number of hydrogen-bond acceptors (Lipinski definition) is 4. The summed E-state index contributed by atoms with van der Waals surface area (Å²) in [7, 11) is 0. The second kappa shape index (κ2) is 7.81. The van der Waals surface area contributed by atoms with Crippen molar-refractivity contribution < 1.29 is 18.0 Å². The highest BCUT2D eigenvalue weighted by molar-refractivity contribution is 5.84. The van der Waals surface area contributed by atoms with Gasteiger partial charge in [-0.3, -0.25) is 14.6 Å². The van der Waals surface area contributed by atoms with Crippen LogP contribution in [0.1, 0.15) is 28.8 Å². The molecule has 0 aliphatic carbocycles. The SMILES string of the molecule is Cc1[nH]c(=O)[nH]c(=O)c1CCC(=O)N/N=C/c1ccccc1C(F)(F)F. The quantitative estimate of drug-likeness (QED) is 0.549. The van der Waals surface area contributed by atoms with E-state index in [4.69, 9.17) is 0 Å². The standard InChI is InChI=1S/C16H15F3N4O3/c1-9-11(14(25)22-15(26)21-9)6-7-13(24)23-20-8-10-4-2-3-5-12(10)16(17,18)19/h2-5,8H,6-7H2,1H3,(H,23,24)(H2,21,22,25,26)/b20-8+. The van der Waals surface area contributed by atoms with Crippen molar-refractivity contribution >= 4 is 12.1 Å². The van der Waals surface area contributed by atoms with E-state index < -0.39 is 28.9 Å². The number of aromatic amines is 2. The van der Waals surface area contributed by atoms with E-state index in [1.165, 1.54) is 25.1 Å². The van der Waals surface area contributed by atoms with Crippen molar-refractivity contribution in [1.29, 1.82) is 0 Å². The number of carbonyl (C=O) groups is 1. The zero-order chi connectivity index (χ0) is 19.3. The van der Waals surface area contributed by atoms with E-state index in [0.29, 0.717) is 5.69 Å². The van der Waals surface area contributed by atoms with Gasteiger partial charge in [0.1, 0.15) is 0 Å². The topological polar surface area (TPSA) is 107 Å². The molecule has 138 valence electrons. The summed E-state index contributed by atoms with van der Waals surface area (Å²) in [5.41, 5.74) is 0.398. The number of alkyl halides is 3. The molecule has 2 rings (SSSR count). The largest absolute Gasteiger partial charge is 0.417 e. The second-order valence-electron chi connectivity index (χ2n) is 5.39. The van der Waals surface area contributed by atoms with E-state index >= 15 is 0 Å². The number of hydrogen-bond donors (Lipinski definition) is 3. The molecule has 0 saturated heterocycles. The molecule has 0 bridgehead atoms. The van der Waals surface area contributed by atoms with E-state index in [0.717, 1.165) is 12.3 Å². The molecule has 2 aromatic rings. The molecule has 1 aromatic heterocycles. The lowest BCUT2D eigenvalue weighted by molar-refractivity contribution is -0.137. The van der Waals surface area contributed by atoms with Gasteiger partial charge in [0.05, 0.1) is 11.8 Å². The molecule has 1 aromatic carbocycles. The second-order valence-corrected chi connectivity index (χ2v) is 5.39. The van der Waals surface area contributed by atoms with Crippen molar-refractivity contribution in [1.82, 2.24) is 15.4 Å². The Morgan fingerprint density at radius 2 is 1.92 bits per heavy atom. The molecular formula is C16H15F3N4O3. The molecule has 0 atom stereocenters. The van der Waals surface area contributed by atoms with E-state index in [-0.39, 0.29) is 24.0 Å². The number of aromatic nitrogens is 2. The Hall–Kier alpha value is -3.17. The van der Waals surface area contributed by atoms with Gasteiger partial charge < -0.3 is 4.98 Å². The fourth-order valence-corrected chi connectivity index (χ4v) is 2.26. The summed E-state index contributed by atoms with van der Waals surface area (Å²) in [6.45, 7) is 1.52. The Bertz CT molecular complexity index is 945. The lowest BCUT2D eigenvalue weighted by Gasteiger charge is -2.09. The van der Waals surface area contributed by atoms with Gasteiger partial charge in [-0.25, -0.2) is 10.2 Å². The Labute approximate surface area is 145 Å². The molecule has 0 unspecified atom stereocenters. The highest BCUT2D eigenvalue weighted by atomic mass is 19.4. The van der Waals surface area contributed by atoms with Crippen molar-refractivity contribution in [2.75, 3.05) is 0 Å². The summed E-state index contributed by atoms with van der Waals surface area (Å²) < 4.78 is 38.5. The smallest absolute Gasteiger partial charge is 0.311 e. The Morgan fingerprint density at radius 1 is 1.23 bits per heavy atom. The highest BCUT2D eigenvalue weighted by Gasteiger charge is 2.32. The van der Waals surface area contributed by atoms with Gasteiger partial charge in [0.15, 0.2) is 0 Å². The van der Waals surface area contributed by atoms with Crippen LogP contribution in [0, 0.1) is 6.92 Å². The number of nitrogens with one attached hydrogen (secondary N) is 3. The van der Waals surface area contributed by atoms with Crippen LogP contribution in [0.15, 0.2) is 39.0 Å². The number of aryl methyl sites for hydroxylation is 1. The Morgan fingerprint density at radius 3 is 2.58 bits per heavy atom. The molecule has 0 aliphatic rings. The third-order valence-corrected chi connectivity index (χ3v) is 3.52. The third kappa shape index (κ3) is 4.91. The molecule has 1 amide bonds. The van der Waals surface area contributed by atoms with Gasteiger partial charge in [-0.15, -0.1) is 0 Å². The zero-order valence-electron chi connectivity index (χ0n) is 13.6. The van der Waals surface area contributed by atoms with Crippen LogP contribution >= 0.6 is 0 Å². The Kier molecular flexibility index (Phi) is 5.75. The van der Waals surface area contributed by atoms with E-state index in [1.807, 2.05) is 0 Å². The summed E-state index contributed by atoms with van der Waals surface area (Å²) in [4.78, 5) is 39.0. The van der Waals surface area contributed by atoms with Gasteiger partial charge >= 0.3 is 11.9 Å². The number of amides is 1. The fraction of sp³-hybridized carbons (Fsp3) is 0.250. The lowest BCUT2D eigenvalue weighted by atomic mass is 10.1. The average molecular weight is 368 g/mol. The minimum atomic E-state index is -4.53. The van der Waals surface area contributed by atoms with Gasteiger partial charge in [0, 0.05) is 23.2 Å². The first-order valence-corrected chi connectivity index (χ1v) is 7.48. The van der Waals surface area contributed by atoms with Gasteiger partial charge in [-0.1, -0.05) is 18.2 Å². The van der Waals surface area contributed by atoms with Gasteiger partial charge in [-0.2, -0.15) is 18.3 Å². The lowest BCUT2D eigenvalue weighted by Crippen LogP contribution is -2.28. The molecule has 1 heterocycles. The predicted octanol–water partition coefficient (Wildman–Crippen LogP) is 1.47. The van der Waals surface area contributed by atoms with E-state index in [9.17, 15) is 27.6 Å². The highest BCUT2D eigenvalue weighted by Crippen LogP contribution is 2.30. The number of rotatable bonds is 5. The van der Waals surface area contributed by atoms with Crippen LogP contribution in [0.25, 0.3) is 0 Å². The molecule has 0 radical (unpaired) electrons. The number of carbonyl (C=O) groups excluding carboxylic acids is 1. The molecule has 10 heteroatoms. The Balaban J connectivity index is 1.99. The maximum Gasteiger partial charge on any atom is 0.417 e. The van der Waals surface area contributed by atoms with Crippen LogP contribution in [0.3, 0.4) is 0 Å². The minimum absolute atomic E-state index is 0.0401. The first-order chi connectivity index (χ1) is 12.2. The maximum absolute atomic E-state index is 12.8. The van der Waals surface area contributed by atoms with Crippen molar-refractivity contribution in [2.24, 2.45) is 5.10 Å². The van der Waals surface area contributed by atoms with Crippen LogP contribution in [0.4, 0.5) is 13.2 Å². The van der Waals surface area contributed by atoms with E-state index in [2.05, 4.69) is 20.5 Å². The molecule has 0 spiro atoms. The maximum atomic E-state index is 12.8. The van der Waals surface area contributed by atoms with Crippen LogP contribution < -0.4 is 16.7 Å². The zero-order valence-corrected chi connectivity index (χ0v) is 13.6. The van der Waals surface area contributed by atoms with Crippen molar-refractivity contribution in [3.8, 4) is 0 Å². The average Bonchev–Trinajstić information content (AvgIpc) is 2.53. The first kappa shape index (κ1) is 19.2. The number of benzene rings is 1. The molecule has 7 nitrogen and oxygen atoms in total. The van der Waals surface area contributed by atoms with Crippen LogP contribution in [0.5, 0.6) is 0 Å². The number of hydrazone groups is 1. The monoisotopic (exact) mass is 368 g/mol. The van der Waals surface area contributed by atoms with Crippen molar-refractivity contribution in [2.45, 2.75) is 25.9 Å². The number of H-pyrrole nitrogens is 2. The predicted molar refractivity (Wildman–Crippen MR) is 87.9 cm³/mol. The van der Waals surface area contributed by atoms with Crippen LogP contribution in [-0.4, -0.2) is 22.1 Å². The summed E-state index contributed by atoms with van der Waals surface area (Å²) in [5.74, 6) is -0.587. The van der Waals surface area contributed by atoms with Gasteiger partial charge in [-0.05, 0) is 19.4 Å². The van der Waals surface area contributed by atoms with E-state index in [1.54, 1.807) is 0 Å². The van der Waals surface area contributed by atoms with Gasteiger partial charge in [0.25, 0.3) is 5.56 Å².